The highest BCUT2D eigenvalue weighted by atomic mass is 32.2. The summed E-state index contributed by atoms with van der Waals surface area (Å²) < 4.78 is 38.2. The summed E-state index contributed by atoms with van der Waals surface area (Å²) >= 11 is 0. The molecular formula is C24H16O4S. The van der Waals surface area contributed by atoms with E-state index in [0.717, 1.165) is 0 Å². The highest BCUT2D eigenvalue weighted by molar-refractivity contribution is 7.92. The van der Waals surface area contributed by atoms with Gasteiger partial charge in [0.05, 0.1) is 9.79 Å². The standard InChI is InChI=1S/C24H16O4S/c25-29(26)23-14-8-7-13-19(23)20-15-21(27-17-9-3-1-4-10-17)22(16-24(20)29)28-18-11-5-2-6-12-18/h1-16H. The molecular weight excluding hydrogens is 384 g/mol. The molecule has 29 heavy (non-hydrogen) atoms. The Bertz CT molecular complexity index is 1300. The lowest BCUT2D eigenvalue weighted by atomic mass is 10.1. The van der Waals surface area contributed by atoms with Gasteiger partial charge in [-0.2, -0.15) is 0 Å². The minimum atomic E-state index is -3.60. The maximum absolute atomic E-state index is 13.1. The zero-order valence-corrected chi connectivity index (χ0v) is 16.1. The van der Waals surface area contributed by atoms with Gasteiger partial charge in [0.15, 0.2) is 11.5 Å². The van der Waals surface area contributed by atoms with Gasteiger partial charge in [-0.05, 0) is 36.4 Å². The van der Waals surface area contributed by atoms with Crippen molar-refractivity contribution in [3.63, 3.8) is 0 Å². The van der Waals surface area contributed by atoms with Crippen molar-refractivity contribution in [1.29, 1.82) is 0 Å². The average Bonchev–Trinajstić information content (AvgIpc) is 2.97. The van der Waals surface area contributed by atoms with E-state index in [9.17, 15) is 8.42 Å². The molecule has 0 atom stereocenters. The molecule has 0 radical (unpaired) electrons. The van der Waals surface area contributed by atoms with E-state index in [1.54, 1.807) is 24.3 Å². The van der Waals surface area contributed by atoms with Gasteiger partial charge in [-0.3, -0.25) is 0 Å². The Morgan fingerprint density at radius 1 is 0.517 bits per heavy atom. The van der Waals surface area contributed by atoms with E-state index in [-0.39, 0.29) is 4.90 Å². The molecule has 0 amide bonds. The predicted molar refractivity (Wildman–Crippen MR) is 110 cm³/mol. The third kappa shape index (κ3) is 3.05. The van der Waals surface area contributed by atoms with Crippen LogP contribution < -0.4 is 9.47 Å². The normalized spacial score (nSPS) is 13.4. The second-order valence-electron chi connectivity index (χ2n) is 6.62. The summed E-state index contributed by atoms with van der Waals surface area (Å²) in [6.45, 7) is 0. The fraction of sp³-hybridized carbons (Fsp3) is 0. The highest BCUT2D eigenvalue weighted by Crippen LogP contribution is 2.49. The maximum atomic E-state index is 13.1. The predicted octanol–water partition coefficient (Wildman–Crippen LogP) is 6.08. The van der Waals surface area contributed by atoms with Gasteiger partial charge in [0.1, 0.15) is 11.5 Å². The molecule has 0 spiro atoms. The van der Waals surface area contributed by atoms with Gasteiger partial charge in [0, 0.05) is 17.2 Å². The molecule has 5 heteroatoms. The molecule has 0 aromatic heterocycles. The highest BCUT2D eigenvalue weighted by Gasteiger charge is 2.34. The van der Waals surface area contributed by atoms with Crippen molar-refractivity contribution < 1.29 is 17.9 Å². The van der Waals surface area contributed by atoms with Crippen molar-refractivity contribution in [2.75, 3.05) is 0 Å². The van der Waals surface area contributed by atoms with E-state index in [1.807, 2.05) is 72.8 Å². The van der Waals surface area contributed by atoms with Gasteiger partial charge in [0.25, 0.3) is 0 Å². The first-order chi connectivity index (χ1) is 14.1. The van der Waals surface area contributed by atoms with Crippen LogP contribution in [0.3, 0.4) is 0 Å². The molecule has 4 nitrogen and oxygen atoms in total. The lowest BCUT2D eigenvalue weighted by molar-refractivity contribution is 0.417. The Balaban J connectivity index is 1.69. The molecule has 0 fully saturated rings. The number of para-hydroxylation sites is 2. The van der Waals surface area contributed by atoms with E-state index in [1.165, 1.54) is 0 Å². The van der Waals surface area contributed by atoms with Crippen molar-refractivity contribution in [3.05, 3.63) is 97.1 Å². The third-order valence-electron chi connectivity index (χ3n) is 4.74. The summed E-state index contributed by atoms with van der Waals surface area (Å²) in [7, 11) is -3.60. The van der Waals surface area contributed by atoms with Crippen LogP contribution in [-0.2, 0) is 9.84 Å². The molecule has 0 aliphatic carbocycles. The molecule has 0 saturated carbocycles. The van der Waals surface area contributed by atoms with Crippen LogP contribution in [0, 0.1) is 0 Å². The van der Waals surface area contributed by atoms with Crippen LogP contribution in [-0.4, -0.2) is 8.42 Å². The van der Waals surface area contributed by atoms with E-state index in [4.69, 9.17) is 9.47 Å². The summed E-state index contributed by atoms with van der Waals surface area (Å²) in [5, 5.41) is 0. The van der Waals surface area contributed by atoms with Crippen LogP contribution in [0.1, 0.15) is 0 Å². The Morgan fingerprint density at radius 2 is 1.03 bits per heavy atom. The Hall–Kier alpha value is -3.57. The van der Waals surface area contributed by atoms with E-state index in [0.29, 0.717) is 39.0 Å². The SMILES string of the molecule is O=S1(=O)c2ccccc2-c2cc(Oc3ccccc3)c(Oc3ccccc3)cc21. The first kappa shape index (κ1) is 17.5. The van der Waals surface area contributed by atoms with Crippen LogP contribution in [0.25, 0.3) is 11.1 Å². The second kappa shape index (κ2) is 6.79. The minimum absolute atomic E-state index is 0.227. The van der Waals surface area contributed by atoms with Gasteiger partial charge >= 0.3 is 0 Å². The Morgan fingerprint density at radius 3 is 1.66 bits per heavy atom. The molecule has 0 N–H and O–H groups in total. The molecule has 142 valence electrons. The number of ether oxygens (including phenoxy) is 2. The summed E-state index contributed by atoms with van der Waals surface area (Å²) in [4.78, 5) is 0.530. The quantitative estimate of drug-likeness (QED) is 0.367. The van der Waals surface area contributed by atoms with Gasteiger partial charge in [-0.1, -0.05) is 54.6 Å². The van der Waals surface area contributed by atoms with Crippen molar-refractivity contribution >= 4 is 9.84 Å². The number of hydrogen-bond acceptors (Lipinski definition) is 4. The molecule has 1 heterocycles. The third-order valence-corrected chi connectivity index (χ3v) is 6.60. The smallest absolute Gasteiger partial charge is 0.207 e. The van der Waals surface area contributed by atoms with Gasteiger partial charge in [-0.15, -0.1) is 0 Å². The zero-order valence-electron chi connectivity index (χ0n) is 15.3. The second-order valence-corrected chi connectivity index (χ2v) is 8.51. The maximum Gasteiger partial charge on any atom is 0.207 e. The fourth-order valence-electron chi connectivity index (χ4n) is 3.41. The monoisotopic (exact) mass is 400 g/mol. The van der Waals surface area contributed by atoms with Crippen molar-refractivity contribution in [2.24, 2.45) is 0 Å². The summed E-state index contributed by atoms with van der Waals surface area (Å²) in [5.74, 6) is 2.03. The number of fused-ring (bicyclic) bond motifs is 3. The zero-order chi connectivity index (χ0) is 19.8. The Kier molecular flexibility index (Phi) is 4.11. The molecule has 0 saturated heterocycles. The van der Waals surface area contributed by atoms with E-state index in [2.05, 4.69) is 0 Å². The number of benzene rings is 4. The molecule has 5 rings (SSSR count). The van der Waals surface area contributed by atoms with Crippen LogP contribution in [0.15, 0.2) is 107 Å². The number of sulfone groups is 1. The topological polar surface area (TPSA) is 52.6 Å². The van der Waals surface area contributed by atoms with Gasteiger partial charge in [-0.25, -0.2) is 8.42 Å². The van der Waals surface area contributed by atoms with Gasteiger partial charge < -0.3 is 9.47 Å². The Labute approximate surface area is 168 Å². The van der Waals surface area contributed by atoms with Crippen LogP contribution in [0.4, 0.5) is 0 Å². The molecule has 1 aliphatic rings. The van der Waals surface area contributed by atoms with Gasteiger partial charge in [0.2, 0.25) is 9.84 Å². The number of rotatable bonds is 4. The lowest BCUT2D eigenvalue weighted by Gasteiger charge is -2.14. The molecule has 0 unspecified atom stereocenters. The molecule has 4 aromatic carbocycles. The largest absolute Gasteiger partial charge is 0.453 e. The van der Waals surface area contributed by atoms with Crippen LogP contribution in [0.2, 0.25) is 0 Å². The van der Waals surface area contributed by atoms with Crippen molar-refractivity contribution in [1.82, 2.24) is 0 Å². The average molecular weight is 400 g/mol. The lowest BCUT2D eigenvalue weighted by Crippen LogP contribution is -1.98. The van der Waals surface area contributed by atoms with Crippen molar-refractivity contribution in [2.45, 2.75) is 9.79 Å². The molecule has 0 bridgehead atoms. The van der Waals surface area contributed by atoms with Crippen LogP contribution >= 0.6 is 0 Å². The van der Waals surface area contributed by atoms with Crippen molar-refractivity contribution in [3.8, 4) is 34.1 Å². The number of hydrogen-bond donors (Lipinski definition) is 0. The molecule has 4 aromatic rings. The fourth-order valence-corrected chi connectivity index (χ4v) is 5.09. The first-order valence-electron chi connectivity index (χ1n) is 9.11. The summed E-state index contributed by atoms with van der Waals surface area (Å²) in [5.41, 5.74) is 1.29. The van der Waals surface area contributed by atoms with E-state index < -0.39 is 9.84 Å². The molecule has 1 aliphatic heterocycles. The minimum Gasteiger partial charge on any atom is -0.453 e. The first-order valence-corrected chi connectivity index (χ1v) is 10.6. The summed E-state index contributed by atoms with van der Waals surface area (Å²) in [6, 6.07) is 28.8. The van der Waals surface area contributed by atoms with Crippen LogP contribution in [0.5, 0.6) is 23.0 Å². The van der Waals surface area contributed by atoms with E-state index >= 15 is 0 Å². The summed E-state index contributed by atoms with van der Waals surface area (Å²) in [6.07, 6.45) is 0.